The first-order valence-electron chi connectivity index (χ1n) is 7.10. The summed E-state index contributed by atoms with van der Waals surface area (Å²) in [6.07, 6.45) is 1.91. The summed E-state index contributed by atoms with van der Waals surface area (Å²) in [5.74, 6) is 0.471. The molecule has 0 amide bonds. The molecule has 0 aliphatic carbocycles. The molecule has 2 aromatic rings. The number of hydrogen-bond donors (Lipinski definition) is 0. The van der Waals surface area contributed by atoms with E-state index >= 15 is 0 Å². The molecular formula is C17H26N2. The lowest BCUT2D eigenvalue weighted by Crippen LogP contribution is -2.10. The van der Waals surface area contributed by atoms with Gasteiger partial charge in [0, 0.05) is 18.1 Å². The quantitative estimate of drug-likeness (QED) is 0.808. The van der Waals surface area contributed by atoms with Crippen molar-refractivity contribution < 1.29 is 0 Å². The fourth-order valence-electron chi connectivity index (χ4n) is 2.17. The van der Waals surface area contributed by atoms with Crippen LogP contribution >= 0.6 is 0 Å². The van der Waals surface area contributed by atoms with Crippen molar-refractivity contribution in [1.29, 1.82) is 0 Å². The molecule has 0 atom stereocenters. The van der Waals surface area contributed by atoms with E-state index in [9.17, 15) is 0 Å². The number of hydrogen-bond acceptors (Lipinski definition) is 2. The summed E-state index contributed by atoms with van der Waals surface area (Å²) in [4.78, 5) is 6.67. The van der Waals surface area contributed by atoms with E-state index in [1.807, 2.05) is 20.0 Å². The van der Waals surface area contributed by atoms with Crippen LogP contribution in [0.3, 0.4) is 0 Å². The third-order valence-electron chi connectivity index (χ3n) is 2.91. The summed E-state index contributed by atoms with van der Waals surface area (Å²) >= 11 is 0. The highest BCUT2D eigenvalue weighted by atomic mass is 15.0. The van der Waals surface area contributed by atoms with Crippen molar-refractivity contribution in [2.24, 2.45) is 0 Å². The smallest absolute Gasteiger partial charge is 0.0507 e. The average Bonchev–Trinajstić information content (AvgIpc) is 2.39. The minimum absolute atomic E-state index is 0.471. The highest BCUT2D eigenvalue weighted by molar-refractivity contribution is 5.85. The third-order valence-corrected chi connectivity index (χ3v) is 2.91. The Balaban J connectivity index is 0.000000861. The molecule has 104 valence electrons. The minimum Gasteiger partial charge on any atom is -0.305 e. The molecule has 0 aliphatic heterocycles. The Labute approximate surface area is 117 Å². The Morgan fingerprint density at radius 3 is 2.37 bits per heavy atom. The van der Waals surface area contributed by atoms with E-state index in [4.69, 9.17) is 0 Å². The fraction of sp³-hybridized carbons (Fsp3) is 0.471. The third kappa shape index (κ3) is 4.03. The van der Waals surface area contributed by atoms with E-state index in [-0.39, 0.29) is 0 Å². The Bertz CT molecular complexity index is 516. The second-order valence-electron chi connectivity index (χ2n) is 5.14. The predicted octanol–water partition coefficient (Wildman–Crippen LogP) is 4.45. The van der Waals surface area contributed by atoms with Crippen molar-refractivity contribution in [2.75, 3.05) is 14.1 Å². The highest BCUT2D eigenvalue weighted by Crippen LogP contribution is 2.24. The van der Waals surface area contributed by atoms with Crippen molar-refractivity contribution in [2.45, 2.75) is 40.2 Å². The summed E-state index contributed by atoms with van der Waals surface area (Å²) in [5, 5.41) is 2.58. The summed E-state index contributed by atoms with van der Waals surface area (Å²) in [5.41, 5.74) is 2.54. The Hall–Kier alpha value is -1.41. The molecule has 0 aliphatic rings. The molecule has 0 unspecified atom stereocenters. The molecule has 19 heavy (non-hydrogen) atoms. The second kappa shape index (κ2) is 7.25. The molecule has 0 bridgehead atoms. The van der Waals surface area contributed by atoms with Crippen LogP contribution in [0.25, 0.3) is 10.8 Å². The van der Waals surface area contributed by atoms with Crippen molar-refractivity contribution in [1.82, 2.24) is 9.88 Å². The molecule has 2 nitrogen and oxygen atoms in total. The first-order chi connectivity index (χ1) is 9.08. The summed E-state index contributed by atoms with van der Waals surface area (Å²) in [6, 6.07) is 8.77. The van der Waals surface area contributed by atoms with Gasteiger partial charge in [0.25, 0.3) is 0 Å². The first-order valence-corrected chi connectivity index (χ1v) is 7.10. The SMILES string of the molecule is CC.CC(C)c1nccc2cc(CN(C)C)ccc12. The topological polar surface area (TPSA) is 16.1 Å². The maximum absolute atomic E-state index is 4.49. The van der Waals surface area contributed by atoms with Gasteiger partial charge in [0.15, 0.2) is 0 Å². The summed E-state index contributed by atoms with van der Waals surface area (Å²) in [6.45, 7) is 9.36. The second-order valence-corrected chi connectivity index (χ2v) is 5.14. The van der Waals surface area contributed by atoms with Crippen LogP contribution in [0.15, 0.2) is 30.5 Å². The van der Waals surface area contributed by atoms with Gasteiger partial charge < -0.3 is 4.90 Å². The Kier molecular flexibility index (Phi) is 5.97. The molecule has 0 radical (unpaired) electrons. The van der Waals surface area contributed by atoms with Gasteiger partial charge in [-0.05, 0) is 43.1 Å². The van der Waals surface area contributed by atoms with Crippen LogP contribution in [0.1, 0.15) is 44.9 Å². The van der Waals surface area contributed by atoms with Gasteiger partial charge in [-0.15, -0.1) is 0 Å². The van der Waals surface area contributed by atoms with Gasteiger partial charge in [-0.1, -0.05) is 39.8 Å². The molecule has 2 heteroatoms. The summed E-state index contributed by atoms with van der Waals surface area (Å²) in [7, 11) is 4.19. The molecule has 1 aromatic heterocycles. The number of aromatic nitrogens is 1. The largest absolute Gasteiger partial charge is 0.305 e. The normalized spacial score (nSPS) is 10.7. The Morgan fingerprint density at radius 1 is 1.11 bits per heavy atom. The van der Waals surface area contributed by atoms with E-state index < -0.39 is 0 Å². The number of benzene rings is 1. The van der Waals surface area contributed by atoms with E-state index in [1.54, 1.807) is 0 Å². The van der Waals surface area contributed by atoms with Gasteiger partial charge >= 0.3 is 0 Å². The molecule has 0 spiro atoms. The van der Waals surface area contributed by atoms with E-state index in [2.05, 4.69) is 62.1 Å². The van der Waals surface area contributed by atoms with Crippen molar-refractivity contribution in [3.05, 3.63) is 41.7 Å². The highest BCUT2D eigenvalue weighted by Gasteiger charge is 2.06. The molecule has 1 aromatic carbocycles. The lowest BCUT2D eigenvalue weighted by Gasteiger charge is -2.12. The van der Waals surface area contributed by atoms with Crippen LogP contribution < -0.4 is 0 Å². The van der Waals surface area contributed by atoms with E-state index in [0.717, 1.165) is 6.54 Å². The van der Waals surface area contributed by atoms with Crippen molar-refractivity contribution in [3.63, 3.8) is 0 Å². The molecular weight excluding hydrogens is 232 g/mol. The lowest BCUT2D eigenvalue weighted by molar-refractivity contribution is 0.403. The molecule has 2 rings (SSSR count). The molecule has 1 heterocycles. The van der Waals surface area contributed by atoms with Gasteiger partial charge in [0.2, 0.25) is 0 Å². The van der Waals surface area contributed by atoms with Crippen LogP contribution in [0.5, 0.6) is 0 Å². The molecule has 0 N–H and O–H groups in total. The zero-order chi connectivity index (χ0) is 14.4. The van der Waals surface area contributed by atoms with Crippen LogP contribution in [-0.2, 0) is 6.54 Å². The van der Waals surface area contributed by atoms with Gasteiger partial charge in [-0.25, -0.2) is 0 Å². The van der Waals surface area contributed by atoms with Gasteiger partial charge in [-0.2, -0.15) is 0 Å². The number of pyridine rings is 1. The number of fused-ring (bicyclic) bond motifs is 1. The molecule has 0 saturated carbocycles. The number of rotatable bonds is 3. The van der Waals surface area contributed by atoms with Crippen molar-refractivity contribution in [3.8, 4) is 0 Å². The van der Waals surface area contributed by atoms with Gasteiger partial charge in [0.1, 0.15) is 0 Å². The minimum atomic E-state index is 0.471. The van der Waals surface area contributed by atoms with E-state index in [1.165, 1.54) is 22.0 Å². The standard InChI is InChI=1S/C15H20N2.C2H6/c1-11(2)15-14-6-5-12(10-17(3)4)9-13(14)7-8-16-15;1-2/h5-9,11H,10H2,1-4H3;1-2H3. The molecule has 0 fully saturated rings. The van der Waals surface area contributed by atoms with Crippen LogP contribution in [-0.4, -0.2) is 24.0 Å². The maximum Gasteiger partial charge on any atom is 0.0507 e. The van der Waals surface area contributed by atoms with Gasteiger partial charge in [-0.3, -0.25) is 4.98 Å². The number of nitrogens with zero attached hydrogens (tertiary/aromatic N) is 2. The predicted molar refractivity (Wildman–Crippen MR) is 84.6 cm³/mol. The van der Waals surface area contributed by atoms with Crippen LogP contribution in [0, 0.1) is 0 Å². The summed E-state index contributed by atoms with van der Waals surface area (Å²) < 4.78 is 0. The van der Waals surface area contributed by atoms with Crippen LogP contribution in [0.2, 0.25) is 0 Å². The fourth-order valence-corrected chi connectivity index (χ4v) is 2.17. The van der Waals surface area contributed by atoms with E-state index in [0.29, 0.717) is 5.92 Å². The van der Waals surface area contributed by atoms with Crippen molar-refractivity contribution >= 4 is 10.8 Å². The zero-order valence-corrected chi connectivity index (χ0v) is 13.1. The zero-order valence-electron chi connectivity index (χ0n) is 13.1. The van der Waals surface area contributed by atoms with Crippen LogP contribution in [0.4, 0.5) is 0 Å². The lowest BCUT2D eigenvalue weighted by atomic mass is 10.0. The molecule has 0 saturated heterocycles. The average molecular weight is 258 g/mol. The van der Waals surface area contributed by atoms with Gasteiger partial charge in [0.05, 0.1) is 5.69 Å². The first kappa shape index (κ1) is 15.6. The Morgan fingerprint density at radius 2 is 1.79 bits per heavy atom. The maximum atomic E-state index is 4.49. The monoisotopic (exact) mass is 258 g/mol.